The van der Waals surface area contributed by atoms with Crippen LogP contribution in [0.25, 0.3) is 0 Å². The maximum Gasteiger partial charge on any atom is 0.387 e. The lowest BCUT2D eigenvalue weighted by atomic mass is 10.1. The molecule has 3 rings (SSSR count). The van der Waals surface area contributed by atoms with Gasteiger partial charge in [0.2, 0.25) is 5.91 Å². The molecule has 0 saturated heterocycles. The summed E-state index contributed by atoms with van der Waals surface area (Å²) in [4.78, 5) is 12.3. The van der Waals surface area contributed by atoms with Gasteiger partial charge in [-0.15, -0.1) is 0 Å². The van der Waals surface area contributed by atoms with Crippen LogP contribution < -0.4 is 14.8 Å². The van der Waals surface area contributed by atoms with Gasteiger partial charge >= 0.3 is 6.61 Å². The highest BCUT2D eigenvalue weighted by atomic mass is 19.3. The molecule has 0 aliphatic rings. The maximum absolute atomic E-state index is 12.5. The van der Waals surface area contributed by atoms with E-state index in [2.05, 4.69) is 15.2 Å². The van der Waals surface area contributed by atoms with Crippen LogP contribution in [0.15, 0.2) is 53.1 Å². The standard InChI is InChI=1S/C21H20F2N2O4/c1-13-17(14(2)29-25-13)12-27-16-9-7-15(8-10-16)11-20(26)24-18-5-3-4-6-19(18)28-21(22)23/h3-10,21H,11-12H2,1-2H3,(H,24,26). The Morgan fingerprint density at radius 3 is 2.52 bits per heavy atom. The Morgan fingerprint density at radius 1 is 1.14 bits per heavy atom. The molecule has 0 bridgehead atoms. The number of halogens is 2. The molecule has 152 valence electrons. The molecule has 2 aromatic carbocycles. The van der Waals surface area contributed by atoms with Crippen molar-refractivity contribution in [3.05, 3.63) is 71.1 Å². The molecule has 0 spiro atoms. The number of nitrogens with zero attached hydrogens (tertiary/aromatic N) is 1. The van der Waals surface area contributed by atoms with Crippen molar-refractivity contribution in [2.45, 2.75) is 33.5 Å². The molecule has 0 atom stereocenters. The van der Waals surface area contributed by atoms with Crippen LogP contribution in [-0.2, 0) is 17.8 Å². The van der Waals surface area contributed by atoms with E-state index in [4.69, 9.17) is 9.26 Å². The number of aryl methyl sites for hydroxylation is 2. The van der Waals surface area contributed by atoms with E-state index in [0.29, 0.717) is 18.1 Å². The van der Waals surface area contributed by atoms with Crippen LogP contribution in [0.3, 0.4) is 0 Å². The number of amides is 1. The van der Waals surface area contributed by atoms with Gasteiger partial charge in [-0.05, 0) is 43.7 Å². The van der Waals surface area contributed by atoms with Gasteiger partial charge in [0.15, 0.2) is 0 Å². The van der Waals surface area contributed by atoms with Gasteiger partial charge in [0.05, 0.1) is 23.4 Å². The van der Waals surface area contributed by atoms with Crippen LogP contribution in [0.4, 0.5) is 14.5 Å². The molecule has 8 heteroatoms. The summed E-state index contributed by atoms with van der Waals surface area (Å²) >= 11 is 0. The summed E-state index contributed by atoms with van der Waals surface area (Å²) in [6.07, 6.45) is 0.0765. The maximum atomic E-state index is 12.5. The Morgan fingerprint density at radius 2 is 1.86 bits per heavy atom. The zero-order valence-corrected chi connectivity index (χ0v) is 15.9. The fourth-order valence-corrected chi connectivity index (χ4v) is 2.72. The highest BCUT2D eigenvalue weighted by molar-refractivity contribution is 5.93. The van der Waals surface area contributed by atoms with E-state index in [9.17, 15) is 13.6 Å². The monoisotopic (exact) mass is 402 g/mol. The fraction of sp³-hybridized carbons (Fsp3) is 0.238. The lowest BCUT2D eigenvalue weighted by Gasteiger charge is -2.12. The summed E-state index contributed by atoms with van der Waals surface area (Å²) in [7, 11) is 0. The minimum absolute atomic E-state index is 0.0765. The van der Waals surface area contributed by atoms with E-state index in [1.54, 1.807) is 36.4 Å². The minimum Gasteiger partial charge on any atom is -0.489 e. The average Bonchev–Trinajstić information content (AvgIpc) is 3.00. The van der Waals surface area contributed by atoms with Crippen LogP contribution in [0, 0.1) is 13.8 Å². The first-order chi connectivity index (χ1) is 13.9. The van der Waals surface area contributed by atoms with Crippen LogP contribution in [0.2, 0.25) is 0 Å². The lowest BCUT2D eigenvalue weighted by Crippen LogP contribution is -2.15. The van der Waals surface area contributed by atoms with Gasteiger partial charge in [0.25, 0.3) is 0 Å². The second kappa shape index (κ2) is 9.18. The van der Waals surface area contributed by atoms with Crippen molar-refractivity contribution in [3.63, 3.8) is 0 Å². The topological polar surface area (TPSA) is 73.6 Å². The highest BCUT2D eigenvalue weighted by Crippen LogP contribution is 2.26. The van der Waals surface area contributed by atoms with Gasteiger partial charge < -0.3 is 19.3 Å². The Hall–Kier alpha value is -3.42. The van der Waals surface area contributed by atoms with Gasteiger partial charge in [-0.25, -0.2) is 0 Å². The molecule has 0 radical (unpaired) electrons. The predicted octanol–water partition coefficient (Wildman–Crippen LogP) is 4.65. The quantitative estimate of drug-likeness (QED) is 0.594. The molecule has 1 aromatic heterocycles. The van der Waals surface area contributed by atoms with Crippen LogP contribution in [-0.4, -0.2) is 17.7 Å². The van der Waals surface area contributed by atoms with Crippen molar-refractivity contribution in [1.82, 2.24) is 5.16 Å². The second-order valence-electron chi connectivity index (χ2n) is 6.33. The summed E-state index contributed by atoms with van der Waals surface area (Å²) in [5.41, 5.74) is 2.63. The highest BCUT2D eigenvalue weighted by Gasteiger charge is 2.12. The Labute approximate surface area is 166 Å². The van der Waals surface area contributed by atoms with Crippen molar-refractivity contribution >= 4 is 11.6 Å². The van der Waals surface area contributed by atoms with Crippen molar-refractivity contribution in [1.29, 1.82) is 0 Å². The molecule has 1 heterocycles. The number of carbonyl (C=O) groups is 1. The molecule has 0 unspecified atom stereocenters. The van der Waals surface area contributed by atoms with E-state index in [1.807, 2.05) is 13.8 Å². The zero-order chi connectivity index (χ0) is 20.8. The summed E-state index contributed by atoms with van der Waals surface area (Å²) < 4.78 is 40.2. The third kappa shape index (κ3) is 5.54. The van der Waals surface area contributed by atoms with E-state index in [-0.39, 0.29) is 23.8 Å². The Kier molecular flexibility index (Phi) is 6.43. The van der Waals surface area contributed by atoms with Crippen molar-refractivity contribution in [2.24, 2.45) is 0 Å². The van der Waals surface area contributed by atoms with Gasteiger partial charge in [-0.3, -0.25) is 4.79 Å². The number of hydrogen-bond acceptors (Lipinski definition) is 5. The summed E-state index contributed by atoms with van der Waals surface area (Å²) in [6, 6.07) is 13.1. The molecule has 6 nitrogen and oxygen atoms in total. The van der Waals surface area contributed by atoms with Gasteiger partial charge in [0, 0.05) is 0 Å². The zero-order valence-electron chi connectivity index (χ0n) is 15.9. The lowest BCUT2D eigenvalue weighted by molar-refractivity contribution is -0.115. The largest absolute Gasteiger partial charge is 0.489 e. The number of nitrogens with one attached hydrogen (secondary N) is 1. The van der Waals surface area contributed by atoms with Crippen LogP contribution in [0.5, 0.6) is 11.5 Å². The molecule has 0 aliphatic heterocycles. The normalized spacial score (nSPS) is 10.8. The van der Waals surface area contributed by atoms with Crippen molar-refractivity contribution in [2.75, 3.05) is 5.32 Å². The van der Waals surface area contributed by atoms with Crippen LogP contribution in [0.1, 0.15) is 22.6 Å². The second-order valence-corrected chi connectivity index (χ2v) is 6.33. The number of benzene rings is 2. The molecular weight excluding hydrogens is 382 g/mol. The van der Waals surface area contributed by atoms with Crippen molar-refractivity contribution < 1.29 is 27.6 Å². The molecule has 0 fully saturated rings. The molecule has 1 amide bonds. The third-order valence-corrected chi connectivity index (χ3v) is 4.23. The first-order valence-electron chi connectivity index (χ1n) is 8.89. The molecule has 0 aliphatic carbocycles. The Balaban J connectivity index is 1.56. The first kappa shape index (κ1) is 20.3. The van der Waals surface area contributed by atoms with Gasteiger partial charge in [-0.2, -0.15) is 8.78 Å². The summed E-state index contributed by atoms with van der Waals surface area (Å²) in [5.74, 6) is 0.926. The van der Waals surface area contributed by atoms with Gasteiger partial charge in [-0.1, -0.05) is 29.4 Å². The Bertz CT molecular complexity index is 952. The van der Waals surface area contributed by atoms with E-state index < -0.39 is 6.61 Å². The number of anilines is 1. The number of rotatable bonds is 8. The van der Waals surface area contributed by atoms with Crippen molar-refractivity contribution in [3.8, 4) is 11.5 Å². The van der Waals surface area contributed by atoms with Gasteiger partial charge in [0.1, 0.15) is 23.9 Å². The number of alkyl halides is 2. The number of carbonyl (C=O) groups excluding carboxylic acids is 1. The molecule has 29 heavy (non-hydrogen) atoms. The number of hydrogen-bond donors (Lipinski definition) is 1. The minimum atomic E-state index is -2.97. The summed E-state index contributed by atoms with van der Waals surface area (Å²) in [6.45, 7) is 1.04. The average molecular weight is 402 g/mol. The number of para-hydroxylation sites is 2. The molecule has 0 saturated carbocycles. The van der Waals surface area contributed by atoms with Crippen LogP contribution >= 0.6 is 0 Å². The first-order valence-corrected chi connectivity index (χ1v) is 8.89. The smallest absolute Gasteiger partial charge is 0.387 e. The van der Waals surface area contributed by atoms with E-state index in [1.165, 1.54) is 12.1 Å². The number of aromatic nitrogens is 1. The molecule has 3 aromatic rings. The predicted molar refractivity (Wildman–Crippen MR) is 102 cm³/mol. The molecule has 1 N–H and O–H groups in total. The number of ether oxygens (including phenoxy) is 2. The van der Waals surface area contributed by atoms with E-state index >= 15 is 0 Å². The SMILES string of the molecule is Cc1noc(C)c1COc1ccc(CC(=O)Nc2ccccc2OC(F)F)cc1. The fourth-order valence-electron chi connectivity index (χ4n) is 2.72. The van der Waals surface area contributed by atoms with E-state index in [0.717, 1.165) is 16.8 Å². The molecular formula is C21H20F2N2O4. The summed E-state index contributed by atoms with van der Waals surface area (Å²) in [5, 5.41) is 6.47. The third-order valence-electron chi connectivity index (χ3n) is 4.23.